The lowest BCUT2D eigenvalue weighted by Crippen LogP contribution is -2.37. The summed E-state index contributed by atoms with van der Waals surface area (Å²) in [5.41, 5.74) is 1.31. The summed E-state index contributed by atoms with van der Waals surface area (Å²) in [7, 11) is 0. The Morgan fingerprint density at radius 2 is 1.76 bits per heavy atom. The van der Waals surface area contributed by atoms with Crippen LogP contribution >= 0.6 is 23.2 Å². The highest BCUT2D eigenvalue weighted by Crippen LogP contribution is 2.37. The number of benzene rings is 2. The van der Waals surface area contributed by atoms with Crippen molar-refractivity contribution in [3.63, 3.8) is 0 Å². The molecule has 3 rings (SSSR count). The molecule has 25 heavy (non-hydrogen) atoms. The molecule has 0 bridgehead atoms. The van der Waals surface area contributed by atoms with Crippen LogP contribution in [0.1, 0.15) is 13.3 Å². The third-order valence-electron chi connectivity index (χ3n) is 4.33. The van der Waals surface area contributed by atoms with Crippen LogP contribution in [0.2, 0.25) is 10.0 Å². The van der Waals surface area contributed by atoms with E-state index in [-0.39, 0.29) is 24.8 Å². The van der Waals surface area contributed by atoms with E-state index in [1.165, 1.54) is 4.90 Å². The van der Waals surface area contributed by atoms with Crippen molar-refractivity contribution >= 4 is 46.4 Å². The molecule has 2 aromatic carbocycles. The van der Waals surface area contributed by atoms with Crippen LogP contribution in [0.25, 0.3) is 0 Å². The second-order valence-corrected chi connectivity index (χ2v) is 6.71. The summed E-state index contributed by atoms with van der Waals surface area (Å²) in [4.78, 5) is 28.7. The molecule has 0 aliphatic carbocycles. The third kappa shape index (κ3) is 3.51. The van der Waals surface area contributed by atoms with E-state index in [4.69, 9.17) is 23.2 Å². The molecule has 4 nitrogen and oxygen atoms in total. The smallest absolute Gasteiger partial charge is 0.232 e. The molecule has 1 aliphatic heterocycles. The first-order valence-electron chi connectivity index (χ1n) is 8.13. The van der Waals surface area contributed by atoms with Gasteiger partial charge in [-0.15, -0.1) is 0 Å². The first-order valence-corrected chi connectivity index (χ1v) is 8.89. The number of halogens is 2. The zero-order chi connectivity index (χ0) is 18.0. The Hall–Kier alpha value is -2.04. The molecular weight excluding hydrogens is 359 g/mol. The average molecular weight is 377 g/mol. The van der Waals surface area contributed by atoms with Crippen LogP contribution in [-0.2, 0) is 9.59 Å². The molecule has 0 radical (unpaired) electrons. The highest BCUT2D eigenvalue weighted by atomic mass is 35.5. The molecule has 0 saturated carbocycles. The molecule has 6 heteroatoms. The number of nitrogens with zero attached hydrogens (tertiary/aromatic N) is 2. The predicted molar refractivity (Wildman–Crippen MR) is 101 cm³/mol. The van der Waals surface area contributed by atoms with Gasteiger partial charge in [0.05, 0.1) is 21.7 Å². The van der Waals surface area contributed by atoms with Crippen molar-refractivity contribution in [3.8, 4) is 0 Å². The Morgan fingerprint density at radius 1 is 1.12 bits per heavy atom. The van der Waals surface area contributed by atoms with Gasteiger partial charge in [-0.05, 0) is 31.2 Å². The first kappa shape index (κ1) is 17.8. The molecular formula is C19H18Cl2N2O2. The fourth-order valence-corrected chi connectivity index (χ4v) is 3.73. The predicted octanol–water partition coefficient (Wildman–Crippen LogP) is 4.40. The molecule has 1 heterocycles. The molecule has 2 aromatic rings. The second-order valence-electron chi connectivity index (χ2n) is 5.89. The molecule has 0 spiro atoms. The number of hydrogen-bond acceptors (Lipinski definition) is 2. The van der Waals surface area contributed by atoms with Gasteiger partial charge in [0.2, 0.25) is 11.8 Å². The number of anilines is 2. The van der Waals surface area contributed by atoms with Crippen LogP contribution in [0.5, 0.6) is 0 Å². The van der Waals surface area contributed by atoms with Crippen molar-refractivity contribution in [2.45, 2.75) is 13.3 Å². The topological polar surface area (TPSA) is 40.6 Å². The minimum absolute atomic E-state index is 0.0623. The highest BCUT2D eigenvalue weighted by Gasteiger charge is 2.38. The van der Waals surface area contributed by atoms with E-state index in [9.17, 15) is 9.59 Å². The normalized spacial score (nSPS) is 17.0. The SMILES string of the molecule is CCN(C(=O)C1CC(=O)N(c2c(Cl)cccc2Cl)C1)c1ccccc1. The number of rotatable bonds is 4. The van der Waals surface area contributed by atoms with Crippen molar-refractivity contribution in [2.75, 3.05) is 22.9 Å². The maximum Gasteiger partial charge on any atom is 0.232 e. The van der Waals surface area contributed by atoms with Crippen LogP contribution in [-0.4, -0.2) is 24.9 Å². The molecule has 2 amide bonds. The summed E-state index contributed by atoms with van der Waals surface area (Å²) >= 11 is 12.4. The number of carbonyl (C=O) groups is 2. The molecule has 1 aliphatic rings. The highest BCUT2D eigenvalue weighted by molar-refractivity contribution is 6.40. The van der Waals surface area contributed by atoms with Gasteiger partial charge in [0.25, 0.3) is 0 Å². The molecule has 0 aromatic heterocycles. The molecule has 130 valence electrons. The Kier molecular flexibility index (Phi) is 5.30. The first-order chi connectivity index (χ1) is 12.0. The van der Waals surface area contributed by atoms with E-state index in [0.717, 1.165) is 5.69 Å². The van der Waals surface area contributed by atoms with Gasteiger partial charge >= 0.3 is 0 Å². The Morgan fingerprint density at radius 3 is 2.36 bits per heavy atom. The monoisotopic (exact) mass is 376 g/mol. The van der Waals surface area contributed by atoms with Gasteiger partial charge in [-0.3, -0.25) is 9.59 Å². The molecule has 0 N–H and O–H groups in total. The molecule has 1 fully saturated rings. The minimum atomic E-state index is -0.417. The maximum atomic E-state index is 13.0. The van der Waals surface area contributed by atoms with E-state index in [0.29, 0.717) is 22.3 Å². The van der Waals surface area contributed by atoms with Crippen molar-refractivity contribution in [1.82, 2.24) is 0 Å². The van der Waals surface area contributed by atoms with Crippen molar-refractivity contribution in [1.29, 1.82) is 0 Å². The summed E-state index contributed by atoms with van der Waals surface area (Å²) in [5, 5.41) is 0.814. The van der Waals surface area contributed by atoms with E-state index < -0.39 is 5.92 Å². The van der Waals surface area contributed by atoms with Gasteiger partial charge in [-0.25, -0.2) is 0 Å². The summed E-state index contributed by atoms with van der Waals surface area (Å²) in [6.45, 7) is 2.75. The Labute approximate surface area is 156 Å². The van der Waals surface area contributed by atoms with Gasteiger partial charge in [0.1, 0.15) is 0 Å². The van der Waals surface area contributed by atoms with Crippen LogP contribution in [0.15, 0.2) is 48.5 Å². The molecule has 1 saturated heterocycles. The largest absolute Gasteiger partial charge is 0.312 e. The number of hydrogen-bond donors (Lipinski definition) is 0. The summed E-state index contributed by atoms with van der Waals surface area (Å²) in [6, 6.07) is 14.6. The lowest BCUT2D eigenvalue weighted by Gasteiger charge is -2.24. The number of carbonyl (C=O) groups excluding carboxylic acids is 2. The zero-order valence-electron chi connectivity index (χ0n) is 13.8. The second kappa shape index (κ2) is 7.46. The van der Waals surface area contributed by atoms with Crippen molar-refractivity contribution in [3.05, 3.63) is 58.6 Å². The van der Waals surface area contributed by atoms with Gasteiger partial charge in [-0.2, -0.15) is 0 Å². The quantitative estimate of drug-likeness (QED) is 0.793. The van der Waals surface area contributed by atoms with Gasteiger partial charge in [0.15, 0.2) is 0 Å². The van der Waals surface area contributed by atoms with E-state index in [1.54, 1.807) is 23.1 Å². The van der Waals surface area contributed by atoms with Gasteiger partial charge < -0.3 is 9.80 Å². The standard InChI is InChI=1S/C19H18Cl2N2O2/c1-2-22(14-7-4-3-5-8-14)19(25)13-11-17(24)23(12-13)18-15(20)9-6-10-16(18)21/h3-10,13H,2,11-12H2,1H3. The lowest BCUT2D eigenvalue weighted by molar-refractivity contribution is -0.124. The van der Waals surface area contributed by atoms with Gasteiger partial charge in [0, 0.05) is 25.2 Å². The number of amides is 2. The fraction of sp³-hybridized carbons (Fsp3) is 0.263. The van der Waals surface area contributed by atoms with Crippen LogP contribution in [0.4, 0.5) is 11.4 Å². The van der Waals surface area contributed by atoms with E-state index >= 15 is 0 Å². The zero-order valence-corrected chi connectivity index (χ0v) is 15.3. The van der Waals surface area contributed by atoms with E-state index in [1.807, 2.05) is 37.3 Å². The Balaban J connectivity index is 1.83. The fourth-order valence-electron chi connectivity index (χ4n) is 3.13. The minimum Gasteiger partial charge on any atom is -0.312 e. The third-order valence-corrected chi connectivity index (χ3v) is 4.94. The summed E-state index contributed by atoms with van der Waals surface area (Å²) in [6.07, 6.45) is 0.156. The molecule has 1 unspecified atom stereocenters. The summed E-state index contributed by atoms with van der Waals surface area (Å²) in [5.74, 6) is -0.620. The Bertz CT molecular complexity index is 775. The summed E-state index contributed by atoms with van der Waals surface area (Å²) < 4.78 is 0. The van der Waals surface area contributed by atoms with Crippen LogP contribution in [0.3, 0.4) is 0 Å². The van der Waals surface area contributed by atoms with Crippen molar-refractivity contribution < 1.29 is 9.59 Å². The van der Waals surface area contributed by atoms with Crippen molar-refractivity contribution in [2.24, 2.45) is 5.92 Å². The van der Waals surface area contributed by atoms with Crippen LogP contribution in [0, 0.1) is 5.92 Å². The number of para-hydroxylation sites is 2. The lowest BCUT2D eigenvalue weighted by atomic mass is 10.1. The molecule has 1 atom stereocenters. The average Bonchev–Trinajstić information content (AvgIpc) is 2.98. The maximum absolute atomic E-state index is 13.0. The van der Waals surface area contributed by atoms with Crippen LogP contribution < -0.4 is 9.80 Å². The van der Waals surface area contributed by atoms with Gasteiger partial charge in [-0.1, -0.05) is 47.5 Å². The van der Waals surface area contributed by atoms with E-state index in [2.05, 4.69) is 0 Å².